The summed E-state index contributed by atoms with van der Waals surface area (Å²) in [5, 5.41) is 4.51. The lowest BCUT2D eigenvalue weighted by Gasteiger charge is -2.14. The topological polar surface area (TPSA) is 53.1 Å². The molecule has 114 valence electrons. The number of ether oxygens (including phenoxy) is 1. The van der Waals surface area contributed by atoms with Gasteiger partial charge in [0.2, 0.25) is 0 Å². The van der Waals surface area contributed by atoms with Gasteiger partial charge in [-0.1, -0.05) is 25.1 Å². The van der Waals surface area contributed by atoms with Crippen LogP contribution in [0, 0.1) is 0 Å². The number of aromatic nitrogens is 2. The van der Waals surface area contributed by atoms with Gasteiger partial charge >= 0.3 is 0 Å². The van der Waals surface area contributed by atoms with E-state index in [0.717, 1.165) is 46.4 Å². The van der Waals surface area contributed by atoms with Crippen LogP contribution in [0.15, 0.2) is 28.7 Å². The maximum absolute atomic E-state index is 6.33. The minimum Gasteiger partial charge on any atom is -0.496 e. The van der Waals surface area contributed by atoms with E-state index in [1.54, 1.807) is 7.11 Å². The highest BCUT2D eigenvalue weighted by molar-refractivity contribution is 9.10. The average Bonchev–Trinajstić information content (AvgIpc) is 2.75. The zero-order valence-electron chi connectivity index (χ0n) is 12.8. The number of nitrogens with zero attached hydrogens (tertiary/aromatic N) is 2. The van der Waals surface area contributed by atoms with Gasteiger partial charge in [-0.15, -0.1) is 0 Å². The van der Waals surface area contributed by atoms with Gasteiger partial charge in [-0.3, -0.25) is 4.68 Å². The van der Waals surface area contributed by atoms with Crippen molar-refractivity contribution >= 4 is 15.9 Å². The minimum absolute atomic E-state index is 0.0257. The second-order valence-electron chi connectivity index (χ2n) is 5.16. The summed E-state index contributed by atoms with van der Waals surface area (Å²) >= 11 is 3.64. The Morgan fingerprint density at radius 2 is 2.05 bits per heavy atom. The molecule has 2 rings (SSSR count). The average molecular weight is 352 g/mol. The third-order valence-electron chi connectivity index (χ3n) is 3.63. The van der Waals surface area contributed by atoms with Crippen molar-refractivity contribution in [2.45, 2.75) is 32.2 Å². The predicted octanol–water partition coefficient (Wildman–Crippen LogP) is 2.87. The second-order valence-corrected chi connectivity index (χ2v) is 5.96. The lowest BCUT2D eigenvalue weighted by Crippen LogP contribution is -2.27. The first-order valence-corrected chi connectivity index (χ1v) is 7.93. The van der Waals surface area contributed by atoms with E-state index in [2.05, 4.69) is 34.0 Å². The Balaban J connectivity index is 2.12. The first-order chi connectivity index (χ1) is 10.1. The van der Waals surface area contributed by atoms with Gasteiger partial charge in [0.1, 0.15) is 5.75 Å². The van der Waals surface area contributed by atoms with Gasteiger partial charge in [0.25, 0.3) is 0 Å². The molecule has 0 amide bonds. The fourth-order valence-electron chi connectivity index (χ4n) is 2.52. The van der Waals surface area contributed by atoms with Crippen LogP contribution in [0.25, 0.3) is 0 Å². The summed E-state index contributed by atoms with van der Waals surface area (Å²) in [6.45, 7) is 2.10. The number of nitrogens with two attached hydrogens (primary N) is 1. The van der Waals surface area contributed by atoms with Crippen molar-refractivity contribution in [1.82, 2.24) is 9.78 Å². The maximum atomic E-state index is 6.33. The third-order valence-corrected chi connectivity index (χ3v) is 4.55. The van der Waals surface area contributed by atoms with Crippen molar-refractivity contribution in [3.8, 4) is 5.75 Å². The van der Waals surface area contributed by atoms with E-state index >= 15 is 0 Å². The van der Waals surface area contributed by atoms with Gasteiger partial charge < -0.3 is 10.5 Å². The van der Waals surface area contributed by atoms with E-state index in [1.807, 2.05) is 29.9 Å². The Morgan fingerprint density at radius 1 is 1.33 bits per heavy atom. The summed E-state index contributed by atoms with van der Waals surface area (Å²) in [7, 11) is 3.66. The summed E-state index contributed by atoms with van der Waals surface area (Å²) in [5.74, 6) is 0.895. The molecule has 0 aliphatic carbocycles. The fourth-order valence-corrected chi connectivity index (χ4v) is 3.29. The lowest BCUT2D eigenvalue weighted by molar-refractivity contribution is 0.407. The number of benzene rings is 1. The molecule has 1 atom stereocenters. The maximum Gasteiger partial charge on any atom is 0.122 e. The molecule has 1 heterocycles. The van der Waals surface area contributed by atoms with E-state index in [0.29, 0.717) is 0 Å². The van der Waals surface area contributed by atoms with Gasteiger partial charge in [-0.05, 0) is 40.4 Å². The number of methoxy groups -OCH3 is 1. The molecule has 2 aromatic rings. The van der Waals surface area contributed by atoms with Crippen molar-refractivity contribution in [3.63, 3.8) is 0 Å². The molecule has 2 N–H and O–H groups in total. The quantitative estimate of drug-likeness (QED) is 0.870. The van der Waals surface area contributed by atoms with Gasteiger partial charge in [0, 0.05) is 19.5 Å². The number of hydrogen-bond acceptors (Lipinski definition) is 3. The molecule has 4 nitrogen and oxygen atoms in total. The minimum atomic E-state index is 0.0257. The van der Waals surface area contributed by atoms with Gasteiger partial charge in [0.15, 0.2) is 0 Å². The zero-order chi connectivity index (χ0) is 15.4. The van der Waals surface area contributed by atoms with Crippen molar-refractivity contribution in [2.24, 2.45) is 12.8 Å². The van der Waals surface area contributed by atoms with E-state index in [1.165, 1.54) is 0 Å². The number of para-hydroxylation sites is 1. The Hall–Kier alpha value is -1.33. The number of aryl methyl sites for hydroxylation is 2. The second kappa shape index (κ2) is 7.09. The summed E-state index contributed by atoms with van der Waals surface area (Å²) in [4.78, 5) is 0. The summed E-state index contributed by atoms with van der Waals surface area (Å²) in [6.07, 6.45) is 2.47. The fraction of sp³-hybridized carbons (Fsp3) is 0.438. The molecule has 1 aromatic carbocycles. The molecule has 0 saturated heterocycles. The van der Waals surface area contributed by atoms with Crippen LogP contribution < -0.4 is 10.5 Å². The van der Waals surface area contributed by atoms with Crippen molar-refractivity contribution in [2.75, 3.05) is 7.11 Å². The molecule has 0 bridgehead atoms. The SMILES string of the molecule is CCc1nn(C)c(CC(N)Cc2ccccc2OC)c1Br. The van der Waals surface area contributed by atoms with Crippen LogP contribution in [0.3, 0.4) is 0 Å². The summed E-state index contributed by atoms with van der Waals surface area (Å²) < 4.78 is 8.39. The van der Waals surface area contributed by atoms with E-state index in [4.69, 9.17) is 10.5 Å². The molecular weight excluding hydrogens is 330 g/mol. The molecule has 5 heteroatoms. The van der Waals surface area contributed by atoms with Crippen LogP contribution in [0.5, 0.6) is 5.75 Å². The smallest absolute Gasteiger partial charge is 0.122 e. The molecule has 21 heavy (non-hydrogen) atoms. The highest BCUT2D eigenvalue weighted by Gasteiger charge is 2.16. The summed E-state index contributed by atoms with van der Waals surface area (Å²) in [6, 6.07) is 8.04. The number of hydrogen-bond donors (Lipinski definition) is 1. The predicted molar refractivity (Wildman–Crippen MR) is 88.7 cm³/mol. The molecule has 0 aliphatic heterocycles. The number of rotatable bonds is 6. The molecule has 0 saturated carbocycles. The zero-order valence-corrected chi connectivity index (χ0v) is 14.4. The van der Waals surface area contributed by atoms with Crippen LogP contribution in [0.2, 0.25) is 0 Å². The van der Waals surface area contributed by atoms with Crippen molar-refractivity contribution in [1.29, 1.82) is 0 Å². The normalized spacial score (nSPS) is 12.4. The highest BCUT2D eigenvalue weighted by atomic mass is 79.9. The van der Waals surface area contributed by atoms with Crippen LogP contribution in [0.1, 0.15) is 23.9 Å². The highest BCUT2D eigenvalue weighted by Crippen LogP contribution is 2.24. The molecular formula is C16H22BrN3O. The Kier molecular flexibility index (Phi) is 5.42. The molecule has 0 fully saturated rings. The lowest BCUT2D eigenvalue weighted by atomic mass is 10.0. The van der Waals surface area contributed by atoms with Crippen LogP contribution >= 0.6 is 15.9 Å². The van der Waals surface area contributed by atoms with Crippen LogP contribution in [0.4, 0.5) is 0 Å². The molecule has 1 aromatic heterocycles. The third kappa shape index (κ3) is 3.66. The largest absolute Gasteiger partial charge is 0.496 e. The van der Waals surface area contributed by atoms with Crippen LogP contribution in [-0.2, 0) is 26.3 Å². The Labute approximate surface area is 134 Å². The summed E-state index contributed by atoms with van der Waals surface area (Å²) in [5.41, 5.74) is 9.70. The standard InChI is InChI=1S/C16H22BrN3O/c1-4-13-16(17)14(20(2)19-13)10-12(18)9-11-7-5-6-8-15(11)21-3/h5-8,12H,4,9-10,18H2,1-3H3. The van der Waals surface area contributed by atoms with Crippen molar-refractivity contribution < 1.29 is 4.74 Å². The molecule has 0 spiro atoms. The Bertz CT molecular complexity index is 610. The monoisotopic (exact) mass is 351 g/mol. The first kappa shape index (κ1) is 16.0. The van der Waals surface area contributed by atoms with Gasteiger partial charge in [-0.2, -0.15) is 5.10 Å². The molecule has 1 unspecified atom stereocenters. The molecule has 0 radical (unpaired) electrons. The van der Waals surface area contributed by atoms with Crippen molar-refractivity contribution in [3.05, 3.63) is 45.7 Å². The molecule has 0 aliphatic rings. The van der Waals surface area contributed by atoms with E-state index < -0.39 is 0 Å². The van der Waals surface area contributed by atoms with Gasteiger partial charge in [0.05, 0.1) is 23.0 Å². The number of halogens is 1. The van der Waals surface area contributed by atoms with Gasteiger partial charge in [-0.25, -0.2) is 0 Å². The van der Waals surface area contributed by atoms with E-state index in [9.17, 15) is 0 Å². The van der Waals surface area contributed by atoms with Crippen LogP contribution in [-0.4, -0.2) is 22.9 Å². The Morgan fingerprint density at radius 3 is 2.67 bits per heavy atom. The first-order valence-electron chi connectivity index (χ1n) is 7.14. The van der Waals surface area contributed by atoms with E-state index in [-0.39, 0.29) is 6.04 Å².